The van der Waals surface area contributed by atoms with E-state index in [4.69, 9.17) is 9.52 Å². The van der Waals surface area contributed by atoms with E-state index in [0.717, 1.165) is 16.8 Å². The first kappa shape index (κ1) is 14.8. The maximum atomic E-state index is 10.9. The number of hydrogen-bond acceptors (Lipinski definition) is 3. The van der Waals surface area contributed by atoms with Crippen LogP contribution in [0.15, 0.2) is 65.2 Å². The second-order valence-electron chi connectivity index (χ2n) is 5.05. The van der Waals surface area contributed by atoms with Crippen molar-refractivity contribution in [2.24, 2.45) is 0 Å². The van der Waals surface area contributed by atoms with Gasteiger partial charge in [0.25, 0.3) is 5.52 Å². The smallest absolute Gasteiger partial charge is 0.375 e. The zero-order chi connectivity index (χ0) is 16.1. The first-order valence-corrected chi connectivity index (χ1v) is 7.35. The van der Waals surface area contributed by atoms with Crippen molar-refractivity contribution >= 4 is 28.8 Å². The normalized spacial score (nSPS) is 11.1. The van der Waals surface area contributed by atoms with Gasteiger partial charge in [-0.05, 0) is 18.2 Å². The highest BCUT2D eigenvalue weighted by Gasteiger charge is 2.20. The van der Waals surface area contributed by atoms with E-state index in [1.165, 1.54) is 0 Å². The Kier molecular flexibility index (Phi) is 4.38. The standard InChI is InChI=1S/C18H16N2O3/c21-18(22)11-13-20-15-8-4-5-9-16(15)23-17(20)10-12-19-14-6-2-1-3-7-14/h1-10,12H,11,13H2,(H,21,22)/p+1. The molecular formula is C18H17N2O3+. The monoisotopic (exact) mass is 309 g/mol. The highest BCUT2D eigenvalue weighted by atomic mass is 16.4. The molecule has 0 amide bonds. The number of carboxylic acid groups (broad SMARTS) is 1. The molecule has 2 N–H and O–H groups in total. The number of anilines is 1. The molecule has 2 aromatic carbocycles. The summed E-state index contributed by atoms with van der Waals surface area (Å²) in [4.78, 5) is 10.9. The third-order valence-electron chi connectivity index (χ3n) is 3.44. The summed E-state index contributed by atoms with van der Waals surface area (Å²) in [6.07, 6.45) is 3.63. The van der Waals surface area contributed by atoms with Gasteiger partial charge < -0.3 is 14.8 Å². The van der Waals surface area contributed by atoms with Gasteiger partial charge in [-0.1, -0.05) is 30.3 Å². The number of rotatable bonds is 6. The van der Waals surface area contributed by atoms with E-state index in [1.54, 1.807) is 12.3 Å². The van der Waals surface area contributed by atoms with Crippen LogP contribution in [-0.2, 0) is 11.3 Å². The number of aromatic nitrogens is 1. The Morgan fingerprint density at radius 3 is 2.65 bits per heavy atom. The Bertz CT molecular complexity index is 838. The summed E-state index contributed by atoms with van der Waals surface area (Å²) < 4.78 is 7.68. The summed E-state index contributed by atoms with van der Waals surface area (Å²) >= 11 is 0. The number of aliphatic carboxylic acids is 1. The lowest BCUT2D eigenvalue weighted by Crippen LogP contribution is -2.36. The zero-order valence-corrected chi connectivity index (χ0v) is 12.5. The van der Waals surface area contributed by atoms with Crippen molar-refractivity contribution in [2.45, 2.75) is 13.0 Å². The summed E-state index contributed by atoms with van der Waals surface area (Å²) in [5.74, 6) is -0.226. The Labute approximate surface area is 133 Å². The second kappa shape index (κ2) is 6.79. The lowest BCUT2D eigenvalue weighted by molar-refractivity contribution is -0.676. The van der Waals surface area contributed by atoms with E-state index in [1.807, 2.05) is 59.2 Å². The van der Waals surface area contributed by atoms with Crippen molar-refractivity contribution in [3.8, 4) is 0 Å². The van der Waals surface area contributed by atoms with Crippen LogP contribution in [-0.4, -0.2) is 11.1 Å². The predicted octanol–water partition coefficient (Wildman–Crippen LogP) is 3.28. The summed E-state index contributed by atoms with van der Waals surface area (Å²) in [6, 6.07) is 17.4. The van der Waals surface area contributed by atoms with Crippen molar-refractivity contribution in [2.75, 3.05) is 5.32 Å². The van der Waals surface area contributed by atoms with Gasteiger partial charge in [0.05, 0.1) is 6.08 Å². The Morgan fingerprint density at radius 1 is 1.13 bits per heavy atom. The number of fused-ring (bicyclic) bond motifs is 1. The summed E-state index contributed by atoms with van der Waals surface area (Å²) in [5.41, 5.74) is 2.59. The maximum Gasteiger partial charge on any atom is 0.375 e. The van der Waals surface area contributed by atoms with Gasteiger partial charge in [0.1, 0.15) is 6.42 Å². The number of nitrogens with one attached hydrogen (secondary N) is 1. The van der Waals surface area contributed by atoms with E-state index in [2.05, 4.69) is 5.32 Å². The van der Waals surface area contributed by atoms with Gasteiger partial charge in [-0.3, -0.25) is 4.79 Å². The van der Waals surface area contributed by atoms with Gasteiger partial charge in [-0.25, -0.2) is 0 Å². The molecule has 0 aliphatic carbocycles. The molecule has 1 aromatic heterocycles. The largest absolute Gasteiger partial charge is 0.481 e. The predicted molar refractivity (Wildman–Crippen MR) is 87.8 cm³/mol. The van der Waals surface area contributed by atoms with Crippen LogP contribution in [0.1, 0.15) is 12.3 Å². The molecule has 116 valence electrons. The van der Waals surface area contributed by atoms with E-state index in [-0.39, 0.29) is 6.42 Å². The second-order valence-corrected chi connectivity index (χ2v) is 5.05. The van der Waals surface area contributed by atoms with Crippen LogP contribution in [0.4, 0.5) is 5.69 Å². The van der Waals surface area contributed by atoms with Crippen LogP contribution in [0.5, 0.6) is 0 Å². The number of carboxylic acids is 1. The molecular weight excluding hydrogens is 292 g/mol. The molecule has 0 radical (unpaired) electrons. The SMILES string of the molecule is O=C(O)CC[n+]1c(C=CNc2ccccc2)oc2ccccc21. The van der Waals surface area contributed by atoms with E-state index in [9.17, 15) is 4.79 Å². The molecule has 0 fully saturated rings. The summed E-state index contributed by atoms with van der Waals surface area (Å²) in [6.45, 7) is 0.358. The number of benzene rings is 2. The third kappa shape index (κ3) is 3.58. The fraction of sp³-hybridized carbons (Fsp3) is 0.111. The quantitative estimate of drug-likeness (QED) is 0.686. The van der Waals surface area contributed by atoms with E-state index in [0.29, 0.717) is 12.4 Å². The van der Waals surface area contributed by atoms with Crippen LogP contribution in [0.25, 0.3) is 17.2 Å². The lowest BCUT2D eigenvalue weighted by Gasteiger charge is -1.97. The summed E-state index contributed by atoms with van der Waals surface area (Å²) in [5, 5.41) is 12.1. The number of nitrogens with zero attached hydrogens (tertiary/aromatic N) is 1. The Balaban J connectivity index is 1.86. The van der Waals surface area contributed by atoms with Gasteiger partial charge in [-0.15, -0.1) is 0 Å². The minimum atomic E-state index is -0.833. The number of aryl methyl sites for hydroxylation is 1. The molecule has 0 saturated heterocycles. The molecule has 0 aliphatic heterocycles. The van der Waals surface area contributed by atoms with Crippen molar-refractivity contribution in [1.29, 1.82) is 0 Å². The molecule has 0 unspecified atom stereocenters. The highest BCUT2D eigenvalue weighted by molar-refractivity contribution is 5.70. The topological polar surface area (TPSA) is 66.3 Å². The van der Waals surface area contributed by atoms with Crippen LogP contribution in [0.2, 0.25) is 0 Å². The molecule has 3 rings (SSSR count). The minimum Gasteiger partial charge on any atom is -0.481 e. The van der Waals surface area contributed by atoms with Crippen molar-refractivity contribution in [1.82, 2.24) is 0 Å². The number of oxazole rings is 1. The molecule has 23 heavy (non-hydrogen) atoms. The third-order valence-corrected chi connectivity index (χ3v) is 3.44. The highest BCUT2D eigenvalue weighted by Crippen LogP contribution is 2.15. The van der Waals surface area contributed by atoms with Crippen molar-refractivity contribution in [3.05, 3.63) is 66.7 Å². The van der Waals surface area contributed by atoms with Gasteiger partial charge in [0.15, 0.2) is 6.54 Å². The van der Waals surface area contributed by atoms with E-state index < -0.39 is 5.97 Å². The first-order valence-electron chi connectivity index (χ1n) is 7.35. The van der Waals surface area contributed by atoms with E-state index >= 15 is 0 Å². The molecule has 0 bridgehead atoms. The Morgan fingerprint density at radius 2 is 1.87 bits per heavy atom. The molecule has 5 heteroatoms. The average molecular weight is 309 g/mol. The molecule has 0 saturated carbocycles. The fourth-order valence-electron chi connectivity index (χ4n) is 2.36. The van der Waals surface area contributed by atoms with Crippen molar-refractivity contribution in [3.63, 3.8) is 0 Å². The Hall–Kier alpha value is -3.08. The minimum absolute atomic E-state index is 0.0428. The van der Waals surface area contributed by atoms with Crippen LogP contribution in [0, 0.1) is 0 Å². The summed E-state index contributed by atoms with van der Waals surface area (Å²) in [7, 11) is 0. The van der Waals surface area contributed by atoms with Crippen LogP contribution in [0.3, 0.4) is 0 Å². The van der Waals surface area contributed by atoms with Gasteiger partial charge in [0.2, 0.25) is 5.58 Å². The van der Waals surface area contributed by atoms with Gasteiger partial charge in [0, 0.05) is 18.0 Å². The van der Waals surface area contributed by atoms with Crippen LogP contribution >= 0.6 is 0 Å². The van der Waals surface area contributed by atoms with Gasteiger partial charge in [-0.2, -0.15) is 4.57 Å². The molecule has 0 atom stereocenters. The van der Waals surface area contributed by atoms with Crippen LogP contribution < -0.4 is 9.88 Å². The molecule has 3 aromatic rings. The number of carbonyl (C=O) groups is 1. The molecule has 1 heterocycles. The number of para-hydroxylation sites is 3. The van der Waals surface area contributed by atoms with Gasteiger partial charge >= 0.3 is 11.9 Å². The maximum absolute atomic E-state index is 10.9. The first-order chi connectivity index (χ1) is 11.2. The number of hydrogen-bond donors (Lipinski definition) is 2. The van der Waals surface area contributed by atoms with Crippen molar-refractivity contribution < 1.29 is 18.9 Å². The lowest BCUT2D eigenvalue weighted by atomic mass is 10.3. The molecule has 0 spiro atoms. The average Bonchev–Trinajstić information content (AvgIpc) is 2.91. The fourth-order valence-corrected chi connectivity index (χ4v) is 2.36. The molecule has 0 aliphatic rings. The molecule has 5 nitrogen and oxygen atoms in total. The zero-order valence-electron chi connectivity index (χ0n) is 12.5.